The van der Waals surface area contributed by atoms with Crippen LogP contribution >= 0.6 is 11.6 Å². The third-order valence-corrected chi connectivity index (χ3v) is 3.49. The molecule has 0 aliphatic rings. The zero-order valence-electron chi connectivity index (χ0n) is 11.9. The Morgan fingerprint density at radius 3 is 2.95 bits per heavy atom. The number of ether oxygens (including phenoxy) is 1. The molecule has 0 saturated heterocycles. The van der Waals surface area contributed by atoms with Gasteiger partial charge in [-0.05, 0) is 18.7 Å². The number of halogens is 1. The number of rotatable bonds is 7. The number of hydrogen-bond acceptors (Lipinski definition) is 3. The van der Waals surface area contributed by atoms with Crippen LogP contribution < -0.4 is 10.1 Å². The average Bonchev–Trinajstić information content (AvgIpc) is 2.84. The van der Waals surface area contributed by atoms with Crippen molar-refractivity contribution in [2.75, 3.05) is 13.2 Å². The van der Waals surface area contributed by atoms with Crippen molar-refractivity contribution in [2.45, 2.75) is 19.9 Å². The quantitative estimate of drug-likeness (QED) is 0.853. The van der Waals surface area contributed by atoms with E-state index in [9.17, 15) is 0 Å². The Kier molecular flexibility index (Phi) is 5.44. The molecule has 20 heavy (non-hydrogen) atoms. The molecule has 0 bridgehead atoms. The molecule has 1 aromatic heterocycles. The molecule has 0 aliphatic heterocycles. The summed E-state index contributed by atoms with van der Waals surface area (Å²) in [7, 11) is 1.98. The van der Waals surface area contributed by atoms with E-state index in [0.717, 1.165) is 35.1 Å². The van der Waals surface area contributed by atoms with Crippen LogP contribution in [0.4, 0.5) is 0 Å². The van der Waals surface area contributed by atoms with Crippen LogP contribution in [0.3, 0.4) is 0 Å². The Morgan fingerprint density at radius 2 is 2.25 bits per heavy atom. The summed E-state index contributed by atoms with van der Waals surface area (Å²) in [4.78, 5) is 4.28. The van der Waals surface area contributed by atoms with E-state index in [0.29, 0.717) is 13.2 Å². The molecule has 0 saturated carbocycles. The molecule has 4 nitrogen and oxygen atoms in total. The van der Waals surface area contributed by atoms with Gasteiger partial charge in [0.15, 0.2) is 0 Å². The predicted octanol–water partition coefficient (Wildman–Crippen LogP) is 2.80. The van der Waals surface area contributed by atoms with Crippen LogP contribution in [0.2, 0.25) is 5.02 Å². The maximum atomic E-state index is 6.23. The van der Waals surface area contributed by atoms with E-state index in [4.69, 9.17) is 16.3 Å². The number of nitrogens with zero attached hydrogens (tertiary/aromatic N) is 2. The number of aromatic nitrogens is 2. The van der Waals surface area contributed by atoms with Gasteiger partial charge in [-0.1, -0.05) is 24.6 Å². The van der Waals surface area contributed by atoms with Crippen molar-refractivity contribution < 1.29 is 4.74 Å². The lowest BCUT2D eigenvalue weighted by molar-refractivity contribution is 0.313. The summed E-state index contributed by atoms with van der Waals surface area (Å²) in [6.07, 6.45) is 4.51. The fraction of sp³-hybridized carbons (Fsp3) is 0.400. The second-order valence-corrected chi connectivity index (χ2v) is 4.96. The molecule has 0 fully saturated rings. The molecule has 0 spiro atoms. The van der Waals surface area contributed by atoms with Gasteiger partial charge in [0.2, 0.25) is 0 Å². The summed E-state index contributed by atoms with van der Waals surface area (Å²) in [5.41, 5.74) is 1.01. The minimum Gasteiger partial charge on any atom is -0.493 e. The van der Waals surface area contributed by atoms with Crippen LogP contribution in [0.1, 0.15) is 18.3 Å². The van der Waals surface area contributed by atoms with Crippen molar-refractivity contribution >= 4 is 11.6 Å². The Balaban J connectivity index is 1.98. The van der Waals surface area contributed by atoms with Crippen LogP contribution in [0.5, 0.6) is 5.75 Å². The van der Waals surface area contributed by atoms with Crippen molar-refractivity contribution in [3.8, 4) is 5.75 Å². The van der Waals surface area contributed by atoms with E-state index in [1.165, 1.54) is 0 Å². The standard InChI is InChI=1S/C15H20ClN3O/c1-3-17-11-12-13(16)5-4-6-14(12)20-10-7-15-18-8-9-19(15)2/h4-6,8-9,17H,3,7,10-11H2,1-2H3. The molecule has 2 aromatic rings. The fourth-order valence-corrected chi connectivity index (χ4v) is 2.22. The summed E-state index contributed by atoms with van der Waals surface area (Å²) >= 11 is 6.23. The van der Waals surface area contributed by atoms with Gasteiger partial charge in [-0.2, -0.15) is 0 Å². The molecule has 1 heterocycles. The molecule has 0 radical (unpaired) electrons. The highest BCUT2D eigenvalue weighted by atomic mass is 35.5. The van der Waals surface area contributed by atoms with Gasteiger partial charge >= 0.3 is 0 Å². The molecule has 0 atom stereocenters. The van der Waals surface area contributed by atoms with Gasteiger partial charge in [0, 0.05) is 43.0 Å². The largest absolute Gasteiger partial charge is 0.493 e. The summed E-state index contributed by atoms with van der Waals surface area (Å²) in [5.74, 6) is 1.85. The first-order valence-electron chi connectivity index (χ1n) is 6.79. The van der Waals surface area contributed by atoms with Crippen LogP contribution in [-0.4, -0.2) is 22.7 Å². The Bertz CT molecular complexity index is 554. The third kappa shape index (κ3) is 3.74. The van der Waals surface area contributed by atoms with Crippen molar-refractivity contribution in [1.29, 1.82) is 0 Å². The lowest BCUT2D eigenvalue weighted by atomic mass is 10.2. The highest BCUT2D eigenvalue weighted by molar-refractivity contribution is 6.31. The topological polar surface area (TPSA) is 39.1 Å². The normalized spacial score (nSPS) is 10.8. The lowest BCUT2D eigenvalue weighted by Gasteiger charge is -2.13. The smallest absolute Gasteiger partial charge is 0.125 e. The molecule has 0 amide bonds. The zero-order valence-corrected chi connectivity index (χ0v) is 12.7. The molecular weight excluding hydrogens is 274 g/mol. The van der Waals surface area contributed by atoms with E-state index in [1.807, 2.05) is 36.0 Å². The van der Waals surface area contributed by atoms with E-state index in [2.05, 4.69) is 17.2 Å². The second kappa shape index (κ2) is 7.31. The Morgan fingerprint density at radius 1 is 1.40 bits per heavy atom. The first-order valence-corrected chi connectivity index (χ1v) is 7.17. The molecule has 0 unspecified atom stereocenters. The zero-order chi connectivity index (χ0) is 14.4. The average molecular weight is 294 g/mol. The third-order valence-electron chi connectivity index (χ3n) is 3.13. The summed E-state index contributed by atoms with van der Waals surface area (Å²) in [5, 5.41) is 4.01. The first kappa shape index (κ1) is 14.9. The molecule has 0 aliphatic carbocycles. The van der Waals surface area contributed by atoms with E-state index < -0.39 is 0 Å². The lowest BCUT2D eigenvalue weighted by Crippen LogP contribution is -2.14. The van der Waals surface area contributed by atoms with Crippen LogP contribution in [0, 0.1) is 0 Å². The number of benzene rings is 1. The number of hydrogen-bond donors (Lipinski definition) is 1. The SMILES string of the molecule is CCNCc1c(Cl)cccc1OCCc1nccn1C. The van der Waals surface area contributed by atoms with Gasteiger partial charge in [0.05, 0.1) is 6.61 Å². The molecule has 108 valence electrons. The van der Waals surface area contributed by atoms with E-state index in [1.54, 1.807) is 6.20 Å². The highest BCUT2D eigenvalue weighted by Gasteiger charge is 2.08. The number of aryl methyl sites for hydroxylation is 1. The van der Waals surface area contributed by atoms with Crippen molar-refractivity contribution in [1.82, 2.24) is 14.9 Å². The Labute approximate surface area is 124 Å². The van der Waals surface area contributed by atoms with Gasteiger partial charge < -0.3 is 14.6 Å². The van der Waals surface area contributed by atoms with Crippen LogP contribution in [-0.2, 0) is 20.0 Å². The maximum Gasteiger partial charge on any atom is 0.125 e. The van der Waals surface area contributed by atoms with Gasteiger partial charge in [0.25, 0.3) is 0 Å². The van der Waals surface area contributed by atoms with Crippen LogP contribution in [0.15, 0.2) is 30.6 Å². The van der Waals surface area contributed by atoms with Crippen molar-refractivity contribution in [2.24, 2.45) is 7.05 Å². The number of nitrogens with one attached hydrogen (secondary N) is 1. The molecule has 1 N–H and O–H groups in total. The van der Waals surface area contributed by atoms with Gasteiger partial charge in [0.1, 0.15) is 11.6 Å². The van der Waals surface area contributed by atoms with E-state index >= 15 is 0 Å². The van der Waals surface area contributed by atoms with Gasteiger partial charge in [-0.3, -0.25) is 0 Å². The molecule has 5 heteroatoms. The van der Waals surface area contributed by atoms with Gasteiger partial charge in [-0.25, -0.2) is 4.98 Å². The van der Waals surface area contributed by atoms with Crippen LogP contribution in [0.25, 0.3) is 0 Å². The second-order valence-electron chi connectivity index (χ2n) is 4.55. The van der Waals surface area contributed by atoms with Gasteiger partial charge in [-0.15, -0.1) is 0 Å². The summed E-state index contributed by atoms with van der Waals surface area (Å²) in [6.45, 7) is 4.27. The fourth-order valence-electron chi connectivity index (χ4n) is 1.99. The predicted molar refractivity (Wildman–Crippen MR) is 81.2 cm³/mol. The monoisotopic (exact) mass is 293 g/mol. The Hall–Kier alpha value is -1.52. The minimum absolute atomic E-state index is 0.588. The van der Waals surface area contributed by atoms with Crippen molar-refractivity contribution in [3.05, 3.63) is 47.0 Å². The number of imidazole rings is 1. The maximum absolute atomic E-state index is 6.23. The summed E-state index contributed by atoms with van der Waals surface area (Å²) < 4.78 is 7.87. The molecule has 2 rings (SSSR count). The first-order chi connectivity index (χ1) is 9.72. The van der Waals surface area contributed by atoms with Crippen molar-refractivity contribution in [3.63, 3.8) is 0 Å². The summed E-state index contributed by atoms with van der Waals surface area (Å²) in [6, 6.07) is 5.75. The minimum atomic E-state index is 0.588. The van der Waals surface area contributed by atoms with E-state index in [-0.39, 0.29) is 0 Å². The molecular formula is C15H20ClN3O. The highest BCUT2D eigenvalue weighted by Crippen LogP contribution is 2.26. The molecule has 1 aromatic carbocycles.